The van der Waals surface area contributed by atoms with Crippen molar-refractivity contribution >= 4 is 16.0 Å². The Morgan fingerprint density at radius 2 is 1.70 bits per heavy atom. The average molecular weight is 299 g/mol. The summed E-state index contributed by atoms with van der Waals surface area (Å²) >= 11 is 0. The van der Waals surface area contributed by atoms with Crippen molar-refractivity contribution in [1.82, 2.24) is 4.31 Å². The van der Waals surface area contributed by atoms with Gasteiger partial charge in [0.2, 0.25) is 10.0 Å². The van der Waals surface area contributed by atoms with Gasteiger partial charge in [-0.3, -0.25) is 4.79 Å². The normalized spacial score (nSPS) is 12.7. The van der Waals surface area contributed by atoms with Crippen LogP contribution in [0.4, 0.5) is 0 Å². The van der Waals surface area contributed by atoms with E-state index in [1.807, 2.05) is 6.92 Å². The zero-order valence-electron chi connectivity index (χ0n) is 12.3. The molecule has 0 atom stereocenters. The molecule has 0 saturated carbocycles. The van der Waals surface area contributed by atoms with Crippen LogP contribution in [0.25, 0.3) is 0 Å². The predicted molar refractivity (Wildman–Crippen MR) is 77.1 cm³/mol. The Morgan fingerprint density at radius 3 is 2.10 bits per heavy atom. The lowest BCUT2D eigenvalue weighted by atomic mass is 10.1. The van der Waals surface area contributed by atoms with E-state index in [2.05, 4.69) is 0 Å². The van der Waals surface area contributed by atoms with Crippen molar-refractivity contribution in [3.05, 3.63) is 29.8 Å². The number of carbonyl (C=O) groups is 1. The van der Waals surface area contributed by atoms with Crippen LogP contribution in [0.15, 0.2) is 29.2 Å². The molecule has 0 unspecified atom stereocenters. The van der Waals surface area contributed by atoms with Crippen LogP contribution in [-0.2, 0) is 14.8 Å². The van der Waals surface area contributed by atoms with Crippen LogP contribution in [0, 0.1) is 6.92 Å². The standard InChI is InChI=1S/C14H21NO4S/c1-11-5-7-12(8-6-11)20(18,19)15(14(2,3)4)10-9-13(16)17/h5-8H,9-10H2,1-4H3,(H,16,17). The first-order valence-electron chi connectivity index (χ1n) is 6.36. The molecular formula is C14H21NO4S. The van der Waals surface area contributed by atoms with Crippen LogP contribution in [0.1, 0.15) is 32.8 Å². The lowest BCUT2D eigenvalue weighted by molar-refractivity contribution is -0.137. The molecule has 0 aliphatic rings. The quantitative estimate of drug-likeness (QED) is 0.905. The third-order valence-electron chi connectivity index (χ3n) is 2.89. The third kappa shape index (κ3) is 4.05. The van der Waals surface area contributed by atoms with Gasteiger partial charge in [-0.1, -0.05) is 17.7 Å². The Morgan fingerprint density at radius 1 is 1.20 bits per heavy atom. The SMILES string of the molecule is Cc1ccc(S(=O)(=O)N(CCC(=O)O)C(C)(C)C)cc1. The Bertz CT molecular complexity index is 570. The molecule has 0 fully saturated rings. The minimum absolute atomic E-state index is 0.0466. The molecular weight excluding hydrogens is 278 g/mol. The number of carboxylic acid groups (broad SMARTS) is 1. The summed E-state index contributed by atoms with van der Waals surface area (Å²) in [6.45, 7) is 7.08. The summed E-state index contributed by atoms with van der Waals surface area (Å²) in [5, 5.41) is 8.78. The van der Waals surface area contributed by atoms with E-state index < -0.39 is 21.5 Å². The van der Waals surface area contributed by atoms with Crippen LogP contribution >= 0.6 is 0 Å². The number of nitrogens with zero attached hydrogens (tertiary/aromatic N) is 1. The molecule has 1 aromatic rings. The molecule has 0 heterocycles. The fourth-order valence-electron chi connectivity index (χ4n) is 1.85. The monoisotopic (exact) mass is 299 g/mol. The number of aliphatic carboxylic acids is 1. The minimum Gasteiger partial charge on any atom is -0.481 e. The second kappa shape index (κ2) is 5.93. The summed E-state index contributed by atoms with van der Waals surface area (Å²) in [4.78, 5) is 10.9. The first kappa shape index (κ1) is 16.7. The molecule has 0 aromatic heterocycles. The Kier molecular flexibility index (Phi) is 4.94. The Balaban J connectivity index is 3.17. The van der Waals surface area contributed by atoms with Crippen LogP contribution < -0.4 is 0 Å². The maximum absolute atomic E-state index is 12.6. The van der Waals surface area contributed by atoms with Gasteiger partial charge in [-0.15, -0.1) is 0 Å². The van der Waals surface area contributed by atoms with Crippen molar-refractivity contribution in [2.45, 2.75) is 44.6 Å². The number of hydrogen-bond donors (Lipinski definition) is 1. The van der Waals surface area contributed by atoms with Crippen molar-refractivity contribution in [2.75, 3.05) is 6.54 Å². The van der Waals surface area contributed by atoms with E-state index in [9.17, 15) is 13.2 Å². The number of sulfonamides is 1. The van der Waals surface area contributed by atoms with Gasteiger partial charge in [-0.05, 0) is 39.8 Å². The first-order valence-corrected chi connectivity index (χ1v) is 7.80. The number of aryl methyl sites for hydroxylation is 1. The Hall–Kier alpha value is -1.40. The highest BCUT2D eigenvalue weighted by molar-refractivity contribution is 7.89. The second-order valence-electron chi connectivity index (χ2n) is 5.70. The van der Waals surface area contributed by atoms with Crippen LogP contribution in [-0.4, -0.2) is 35.9 Å². The highest BCUT2D eigenvalue weighted by atomic mass is 32.2. The minimum atomic E-state index is -3.70. The van der Waals surface area contributed by atoms with E-state index in [1.165, 1.54) is 4.31 Å². The molecule has 1 N–H and O–H groups in total. The highest BCUT2D eigenvalue weighted by Gasteiger charge is 2.34. The smallest absolute Gasteiger partial charge is 0.304 e. The lowest BCUT2D eigenvalue weighted by Crippen LogP contribution is -2.46. The van der Waals surface area contributed by atoms with Gasteiger partial charge in [0, 0.05) is 12.1 Å². The molecule has 0 radical (unpaired) electrons. The Labute approximate surface area is 120 Å². The topological polar surface area (TPSA) is 74.7 Å². The van der Waals surface area contributed by atoms with Gasteiger partial charge in [0.1, 0.15) is 0 Å². The number of carboxylic acids is 1. The molecule has 0 bridgehead atoms. The van der Waals surface area contributed by atoms with Gasteiger partial charge in [0.05, 0.1) is 11.3 Å². The molecule has 0 amide bonds. The van der Waals surface area contributed by atoms with E-state index in [0.29, 0.717) is 0 Å². The largest absolute Gasteiger partial charge is 0.481 e. The van der Waals surface area contributed by atoms with Gasteiger partial charge >= 0.3 is 5.97 Å². The van der Waals surface area contributed by atoms with Crippen molar-refractivity contribution in [1.29, 1.82) is 0 Å². The third-order valence-corrected chi connectivity index (χ3v) is 5.06. The number of rotatable bonds is 5. The van der Waals surface area contributed by atoms with Crippen molar-refractivity contribution in [3.63, 3.8) is 0 Å². The second-order valence-corrected chi connectivity index (χ2v) is 7.57. The zero-order valence-corrected chi connectivity index (χ0v) is 13.1. The van der Waals surface area contributed by atoms with E-state index in [4.69, 9.17) is 5.11 Å². The van der Waals surface area contributed by atoms with Gasteiger partial charge < -0.3 is 5.11 Å². The van der Waals surface area contributed by atoms with Gasteiger partial charge in [-0.2, -0.15) is 4.31 Å². The summed E-state index contributed by atoms with van der Waals surface area (Å²) in [5.74, 6) is -1.02. The maximum Gasteiger partial charge on any atom is 0.304 e. The van der Waals surface area contributed by atoms with Crippen LogP contribution in [0.2, 0.25) is 0 Å². The summed E-state index contributed by atoms with van der Waals surface area (Å²) in [6, 6.07) is 6.55. The van der Waals surface area contributed by atoms with Crippen molar-refractivity contribution in [3.8, 4) is 0 Å². The summed E-state index contributed by atoms with van der Waals surface area (Å²) in [6.07, 6.45) is -0.220. The number of benzene rings is 1. The summed E-state index contributed by atoms with van der Waals surface area (Å²) < 4.78 is 26.5. The summed E-state index contributed by atoms with van der Waals surface area (Å²) in [7, 11) is -3.70. The predicted octanol–water partition coefficient (Wildman–Crippen LogP) is 2.26. The molecule has 0 saturated heterocycles. The lowest BCUT2D eigenvalue weighted by Gasteiger charge is -2.34. The van der Waals surface area contributed by atoms with Gasteiger partial charge in [-0.25, -0.2) is 8.42 Å². The van der Waals surface area contributed by atoms with E-state index >= 15 is 0 Å². The fraction of sp³-hybridized carbons (Fsp3) is 0.500. The van der Waals surface area contributed by atoms with Gasteiger partial charge in [0.15, 0.2) is 0 Å². The van der Waals surface area contributed by atoms with E-state index in [0.717, 1.165) is 5.56 Å². The van der Waals surface area contributed by atoms with Crippen molar-refractivity contribution < 1.29 is 18.3 Å². The van der Waals surface area contributed by atoms with Crippen molar-refractivity contribution in [2.24, 2.45) is 0 Å². The number of hydrogen-bond acceptors (Lipinski definition) is 3. The van der Waals surface area contributed by atoms with E-state index in [-0.39, 0.29) is 17.9 Å². The molecule has 112 valence electrons. The summed E-state index contributed by atoms with van der Waals surface area (Å²) in [5.41, 5.74) is 0.288. The zero-order chi connectivity index (χ0) is 15.6. The molecule has 0 aliphatic carbocycles. The molecule has 1 aromatic carbocycles. The maximum atomic E-state index is 12.6. The molecule has 5 nitrogen and oxygen atoms in total. The molecule has 20 heavy (non-hydrogen) atoms. The first-order chi connectivity index (χ1) is 9.05. The van der Waals surface area contributed by atoms with Crippen LogP contribution in [0.3, 0.4) is 0 Å². The molecule has 0 aliphatic heterocycles. The molecule has 1 rings (SSSR count). The van der Waals surface area contributed by atoms with Gasteiger partial charge in [0.25, 0.3) is 0 Å². The fourth-order valence-corrected chi connectivity index (χ4v) is 3.64. The van der Waals surface area contributed by atoms with Crippen LogP contribution in [0.5, 0.6) is 0 Å². The highest BCUT2D eigenvalue weighted by Crippen LogP contribution is 2.24. The average Bonchev–Trinajstić information content (AvgIpc) is 2.26. The van der Waals surface area contributed by atoms with E-state index in [1.54, 1.807) is 45.0 Å². The molecule has 0 spiro atoms. The molecule has 6 heteroatoms.